The third-order valence-corrected chi connectivity index (χ3v) is 4.87. The molecule has 2 atom stereocenters. The van der Waals surface area contributed by atoms with E-state index in [0.717, 1.165) is 32.1 Å². The first-order chi connectivity index (χ1) is 10.2. The number of aliphatic imine (C=N–C) groups is 1. The van der Waals surface area contributed by atoms with Gasteiger partial charge in [-0.1, -0.05) is 13.8 Å². The maximum Gasteiger partial charge on any atom is 0.191 e. The fourth-order valence-corrected chi connectivity index (χ4v) is 3.57. The molecular weight excluding hydrogens is 282 g/mol. The number of hydrogen-bond donors (Lipinski definition) is 2. The van der Waals surface area contributed by atoms with E-state index in [0.29, 0.717) is 18.1 Å². The Hall–Kier alpha value is -0.420. The number of thioether (sulfide) groups is 1. The van der Waals surface area contributed by atoms with E-state index < -0.39 is 0 Å². The number of nitrogens with zero attached hydrogens (tertiary/aromatic N) is 1. The maximum atomic E-state index is 5.78. The molecule has 0 aromatic carbocycles. The third-order valence-electron chi connectivity index (χ3n) is 3.65. The van der Waals surface area contributed by atoms with Crippen LogP contribution in [0, 0.1) is 5.92 Å². The Bertz CT molecular complexity index is 291. The van der Waals surface area contributed by atoms with Gasteiger partial charge >= 0.3 is 0 Å². The van der Waals surface area contributed by atoms with Crippen LogP contribution < -0.4 is 10.6 Å². The van der Waals surface area contributed by atoms with Gasteiger partial charge in [-0.3, -0.25) is 4.99 Å². The minimum absolute atomic E-state index is 0.312. The minimum Gasteiger partial charge on any atom is -0.378 e. The number of guanidine groups is 1. The molecule has 4 nitrogen and oxygen atoms in total. The van der Waals surface area contributed by atoms with Crippen LogP contribution in [0.15, 0.2) is 4.99 Å². The van der Waals surface area contributed by atoms with Gasteiger partial charge in [0.2, 0.25) is 0 Å². The second kappa shape index (κ2) is 11.2. The Balaban J connectivity index is 2.42. The van der Waals surface area contributed by atoms with Crippen LogP contribution in [0.5, 0.6) is 0 Å². The second-order valence-electron chi connectivity index (χ2n) is 5.85. The lowest BCUT2D eigenvalue weighted by Gasteiger charge is -2.25. The van der Waals surface area contributed by atoms with E-state index in [1.54, 1.807) is 0 Å². The van der Waals surface area contributed by atoms with Gasteiger partial charge in [-0.15, -0.1) is 0 Å². The zero-order valence-corrected chi connectivity index (χ0v) is 15.0. The van der Waals surface area contributed by atoms with Gasteiger partial charge in [0.15, 0.2) is 5.96 Å². The highest BCUT2D eigenvalue weighted by atomic mass is 32.2. The van der Waals surface area contributed by atoms with Gasteiger partial charge < -0.3 is 15.4 Å². The molecule has 21 heavy (non-hydrogen) atoms. The number of nitrogens with one attached hydrogen (secondary N) is 2. The molecule has 0 aromatic heterocycles. The highest BCUT2D eigenvalue weighted by Gasteiger charge is 2.15. The van der Waals surface area contributed by atoms with Gasteiger partial charge in [-0.2, -0.15) is 11.8 Å². The Morgan fingerprint density at radius 2 is 2.19 bits per heavy atom. The molecule has 0 aromatic rings. The first-order valence-electron chi connectivity index (χ1n) is 8.41. The topological polar surface area (TPSA) is 45.7 Å². The predicted molar refractivity (Wildman–Crippen MR) is 94.3 cm³/mol. The van der Waals surface area contributed by atoms with E-state index in [2.05, 4.69) is 38.3 Å². The fraction of sp³-hybridized carbons (Fsp3) is 0.938. The summed E-state index contributed by atoms with van der Waals surface area (Å²) in [5.41, 5.74) is 0. The average Bonchev–Trinajstić information content (AvgIpc) is 2.47. The molecule has 1 saturated heterocycles. The van der Waals surface area contributed by atoms with Gasteiger partial charge in [0.1, 0.15) is 0 Å². The van der Waals surface area contributed by atoms with Crippen molar-refractivity contribution in [1.29, 1.82) is 0 Å². The molecule has 5 heteroatoms. The normalized spacial score (nSPS) is 21.4. The van der Waals surface area contributed by atoms with E-state index in [4.69, 9.17) is 9.73 Å². The van der Waals surface area contributed by atoms with E-state index in [1.165, 1.54) is 24.3 Å². The van der Waals surface area contributed by atoms with Crippen molar-refractivity contribution >= 4 is 17.7 Å². The van der Waals surface area contributed by atoms with Crippen molar-refractivity contribution in [3.8, 4) is 0 Å². The summed E-state index contributed by atoms with van der Waals surface area (Å²) in [6.45, 7) is 11.1. The summed E-state index contributed by atoms with van der Waals surface area (Å²) in [6, 6.07) is 0.564. The zero-order valence-electron chi connectivity index (χ0n) is 14.2. The van der Waals surface area contributed by atoms with Crippen molar-refractivity contribution in [2.75, 3.05) is 31.2 Å². The summed E-state index contributed by atoms with van der Waals surface area (Å²) in [7, 11) is 0. The smallest absolute Gasteiger partial charge is 0.191 e. The molecule has 124 valence electrons. The van der Waals surface area contributed by atoms with Crippen molar-refractivity contribution in [1.82, 2.24) is 10.6 Å². The van der Waals surface area contributed by atoms with Crippen molar-refractivity contribution in [2.24, 2.45) is 10.9 Å². The van der Waals surface area contributed by atoms with Crippen molar-refractivity contribution in [3.05, 3.63) is 0 Å². The Morgan fingerprint density at radius 3 is 2.76 bits per heavy atom. The standard InChI is InChI=1S/C16H33N3OS/c1-5-17-16(19-14-8-7-11-21-12-14)18-10-9-15(13(3)4)20-6-2/h13-15H,5-12H2,1-4H3,(H2,17,18,19). The summed E-state index contributed by atoms with van der Waals surface area (Å²) in [6.07, 6.45) is 3.86. The van der Waals surface area contributed by atoms with Crippen molar-refractivity contribution in [2.45, 2.75) is 59.1 Å². The summed E-state index contributed by atoms with van der Waals surface area (Å²) < 4.78 is 5.78. The second-order valence-corrected chi connectivity index (χ2v) is 7.00. The molecule has 0 radical (unpaired) electrons. The molecule has 0 saturated carbocycles. The quantitative estimate of drug-likeness (QED) is 0.534. The molecule has 0 spiro atoms. The van der Waals surface area contributed by atoms with Gasteiger partial charge in [0, 0.05) is 31.5 Å². The predicted octanol–water partition coefficient (Wildman–Crippen LogP) is 2.89. The molecule has 1 aliphatic heterocycles. The first-order valence-corrected chi connectivity index (χ1v) is 9.57. The molecule has 2 unspecified atom stereocenters. The van der Waals surface area contributed by atoms with E-state index in [9.17, 15) is 0 Å². The summed E-state index contributed by atoms with van der Waals surface area (Å²) in [5, 5.41) is 6.92. The summed E-state index contributed by atoms with van der Waals surface area (Å²) in [5.74, 6) is 4.00. The summed E-state index contributed by atoms with van der Waals surface area (Å²) in [4.78, 5) is 4.72. The Labute approximate surface area is 134 Å². The Morgan fingerprint density at radius 1 is 1.38 bits per heavy atom. The van der Waals surface area contributed by atoms with Crippen LogP contribution in [0.3, 0.4) is 0 Å². The lowest BCUT2D eigenvalue weighted by molar-refractivity contribution is 0.0266. The van der Waals surface area contributed by atoms with Crippen molar-refractivity contribution < 1.29 is 4.74 Å². The largest absolute Gasteiger partial charge is 0.378 e. The van der Waals surface area contributed by atoms with Gasteiger partial charge in [-0.25, -0.2) is 0 Å². The van der Waals surface area contributed by atoms with E-state index in [1.807, 2.05) is 11.8 Å². The van der Waals surface area contributed by atoms with Crippen LogP contribution in [-0.2, 0) is 4.74 Å². The van der Waals surface area contributed by atoms with Gasteiger partial charge in [-0.05, 0) is 44.8 Å². The number of ether oxygens (including phenoxy) is 1. The van der Waals surface area contributed by atoms with Gasteiger partial charge in [0.05, 0.1) is 6.10 Å². The van der Waals surface area contributed by atoms with Crippen LogP contribution in [0.25, 0.3) is 0 Å². The molecule has 2 N–H and O–H groups in total. The van der Waals surface area contributed by atoms with Crippen LogP contribution >= 0.6 is 11.8 Å². The SMILES string of the molecule is CCNC(=NCCC(OCC)C(C)C)NC1CCCSC1. The molecule has 0 amide bonds. The highest BCUT2D eigenvalue weighted by Crippen LogP contribution is 2.16. The molecule has 0 aliphatic carbocycles. The van der Waals surface area contributed by atoms with Crippen LogP contribution in [0.1, 0.15) is 47.0 Å². The molecule has 1 fully saturated rings. The molecule has 1 rings (SSSR count). The van der Waals surface area contributed by atoms with Crippen LogP contribution in [-0.4, -0.2) is 49.3 Å². The van der Waals surface area contributed by atoms with Crippen LogP contribution in [0.2, 0.25) is 0 Å². The fourth-order valence-electron chi connectivity index (χ4n) is 2.49. The summed E-state index contributed by atoms with van der Waals surface area (Å²) >= 11 is 2.04. The van der Waals surface area contributed by atoms with Crippen molar-refractivity contribution in [3.63, 3.8) is 0 Å². The van der Waals surface area contributed by atoms with Gasteiger partial charge in [0.25, 0.3) is 0 Å². The van der Waals surface area contributed by atoms with E-state index >= 15 is 0 Å². The van der Waals surface area contributed by atoms with Crippen LogP contribution in [0.4, 0.5) is 0 Å². The molecular formula is C16H33N3OS. The lowest BCUT2D eigenvalue weighted by atomic mass is 10.0. The third kappa shape index (κ3) is 7.96. The molecule has 1 aliphatic rings. The van der Waals surface area contributed by atoms with E-state index in [-0.39, 0.29) is 0 Å². The Kier molecular flexibility index (Phi) is 9.92. The zero-order chi connectivity index (χ0) is 15.5. The lowest BCUT2D eigenvalue weighted by Crippen LogP contribution is -2.45. The minimum atomic E-state index is 0.312. The average molecular weight is 316 g/mol. The molecule has 1 heterocycles. The molecule has 0 bridgehead atoms. The maximum absolute atomic E-state index is 5.78. The number of hydrogen-bond acceptors (Lipinski definition) is 3. The monoisotopic (exact) mass is 315 g/mol. The highest BCUT2D eigenvalue weighted by molar-refractivity contribution is 7.99. The number of rotatable bonds is 8. The first kappa shape index (κ1) is 18.6.